The molecule has 28 heavy (non-hydrogen) atoms. The van der Waals surface area contributed by atoms with Gasteiger partial charge < -0.3 is 14.8 Å². The molecule has 1 amide bonds. The van der Waals surface area contributed by atoms with Crippen LogP contribution in [0.2, 0.25) is 0 Å². The topological polar surface area (TPSA) is 60.5 Å². The summed E-state index contributed by atoms with van der Waals surface area (Å²) in [4.78, 5) is 16.8. The summed E-state index contributed by atoms with van der Waals surface area (Å²) >= 11 is 1.61. The molecular formula is C22H24N2O3S. The van der Waals surface area contributed by atoms with Crippen molar-refractivity contribution in [3.05, 3.63) is 64.5 Å². The number of nitrogens with one attached hydrogen (secondary N) is 1. The van der Waals surface area contributed by atoms with Gasteiger partial charge in [0.05, 0.1) is 30.8 Å². The second kappa shape index (κ2) is 9.90. The summed E-state index contributed by atoms with van der Waals surface area (Å²) in [6.07, 6.45) is 1.08. The van der Waals surface area contributed by atoms with Crippen LogP contribution in [0.3, 0.4) is 0 Å². The minimum Gasteiger partial charge on any atom is -0.497 e. The first-order chi connectivity index (χ1) is 13.7. The number of methoxy groups -OCH3 is 1. The molecule has 1 aromatic heterocycles. The molecule has 1 N–H and O–H groups in total. The molecular weight excluding hydrogens is 372 g/mol. The van der Waals surface area contributed by atoms with Crippen LogP contribution in [0, 0.1) is 0 Å². The number of ether oxygens (including phenoxy) is 2. The SMILES string of the molecule is CCOc1ccc(CC(=O)NCCc2nc(-c3ccc(OC)cc3)cs2)cc1. The van der Waals surface area contributed by atoms with Crippen molar-refractivity contribution in [2.45, 2.75) is 19.8 Å². The van der Waals surface area contributed by atoms with Gasteiger partial charge in [0.15, 0.2) is 0 Å². The Balaban J connectivity index is 1.45. The average Bonchev–Trinajstić information content (AvgIpc) is 3.19. The normalized spacial score (nSPS) is 10.5. The van der Waals surface area contributed by atoms with Gasteiger partial charge in [0.25, 0.3) is 0 Å². The number of thiazole rings is 1. The van der Waals surface area contributed by atoms with E-state index in [9.17, 15) is 4.79 Å². The molecule has 0 aliphatic carbocycles. The van der Waals surface area contributed by atoms with Gasteiger partial charge in [-0.3, -0.25) is 4.79 Å². The van der Waals surface area contributed by atoms with Gasteiger partial charge in [-0.2, -0.15) is 0 Å². The second-order valence-corrected chi connectivity index (χ2v) is 7.15. The van der Waals surface area contributed by atoms with Crippen LogP contribution in [0.4, 0.5) is 0 Å². The van der Waals surface area contributed by atoms with Gasteiger partial charge in [0, 0.05) is 23.9 Å². The summed E-state index contributed by atoms with van der Waals surface area (Å²) in [7, 11) is 1.65. The third-order valence-corrected chi connectivity index (χ3v) is 5.11. The molecule has 0 saturated carbocycles. The third-order valence-electron chi connectivity index (χ3n) is 4.20. The first-order valence-electron chi connectivity index (χ1n) is 9.25. The number of aromatic nitrogens is 1. The van der Waals surface area contributed by atoms with Crippen molar-refractivity contribution >= 4 is 17.2 Å². The number of hydrogen-bond acceptors (Lipinski definition) is 5. The van der Waals surface area contributed by atoms with Gasteiger partial charge >= 0.3 is 0 Å². The number of carbonyl (C=O) groups is 1. The van der Waals surface area contributed by atoms with Gasteiger partial charge in [0.1, 0.15) is 11.5 Å². The molecule has 0 atom stereocenters. The minimum atomic E-state index is 0.0103. The number of hydrogen-bond donors (Lipinski definition) is 1. The van der Waals surface area contributed by atoms with Gasteiger partial charge in [-0.25, -0.2) is 4.98 Å². The van der Waals surface area contributed by atoms with Gasteiger partial charge in [0.2, 0.25) is 5.91 Å². The highest BCUT2D eigenvalue weighted by molar-refractivity contribution is 7.09. The van der Waals surface area contributed by atoms with E-state index < -0.39 is 0 Å². The van der Waals surface area contributed by atoms with E-state index in [1.54, 1.807) is 18.4 Å². The summed E-state index contributed by atoms with van der Waals surface area (Å²) in [5, 5.41) is 6.01. The molecule has 2 aromatic carbocycles. The first kappa shape index (κ1) is 19.9. The van der Waals surface area contributed by atoms with Crippen LogP contribution in [-0.2, 0) is 17.6 Å². The Morgan fingerprint density at radius 2 is 1.79 bits per heavy atom. The summed E-state index contributed by atoms with van der Waals surface area (Å²) < 4.78 is 10.6. The second-order valence-electron chi connectivity index (χ2n) is 6.21. The zero-order valence-corrected chi connectivity index (χ0v) is 16.9. The summed E-state index contributed by atoms with van der Waals surface area (Å²) in [5.41, 5.74) is 2.98. The zero-order valence-electron chi connectivity index (χ0n) is 16.1. The lowest BCUT2D eigenvalue weighted by Gasteiger charge is -2.06. The average molecular weight is 397 g/mol. The molecule has 0 radical (unpaired) electrons. The minimum absolute atomic E-state index is 0.0103. The van der Waals surface area contributed by atoms with Gasteiger partial charge in [-0.05, 0) is 48.9 Å². The molecule has 146 valence electrons. The molecule has 1 heterocycles. The predicted molar refractivity (Wildman–Crippen MR) is 112 cm³/mol. The summed E-state index contributed by atoms with van der Waals surface area (Å²) in [5.74, 6) is 1.66. The van der Waals surface area contributed by atoms with Crippen molar-refractivity contribution in [1.82, 2.24) is 10.3 Å². The standard InChI is InChI=1S/C22H24N2O3S/c1-3-27-19-8-4-16(5-9-19)14-21(25)23-13-12-22-24-20(15-28-22)17-6-10-18(26-2)11-7-17/h4-11,15H,3,12-14H2,1-2H3,(H,23,25). The predicted octanol–water partition coefficient (Wildman–Crippen LogP) is 4.12. The van der Waals surface area contributed by atoms with Crippen LogP contribution < -0.4 is 14.8 Å². The highest BCUT2D eigenvalue weighted by atomic mass is 32.1. The first-order valence-corrected chi connectivity index (χ1v) is 10.1. The van der Waals surface area contributed by atoms with Crippen molar-refractivity contribution in [3.63, 3.8) is 0 Å². The fourth-order valence-corrected chi connectivity index (χ4v) is 3.55. The van der Waals surface area contributed by atoms with E-state index >= 15 is 0 Å². The van der Waals surface area contributed by atoms with Crippen molar-refractivity contribution in [2.75, 3.05) is 20.3 Å². The molecule has 0 fully saturated rings. The fraction of sp³-hybridized carbons (Fsp3) is 0.273. The van der Waals surface area contributed by atoms with Crippen LogP contribution in [0.5, 0.6) is 11.5 Å². The van der Waals surface area contributed by atoms with Crippen LogP contribution in [0.1, 0.15) is 17.5 Å². The largest absolute Gasteiger partial charge is 0.497 e. The lowest BCUT2D eigenvalue weighted by Crippen LogP contribution is -2.27. The Hall–Kier alpha value is -2.86. The Labute approximate surface area is 169 Å². The lowest BCUT2D eigenvalue weighted by atomic mass is 10.1. The Morgan fingerprint density at radius 3 is 2.46 bits per heavy atom. The highest BCUT2D eigenvalue weighted by Crippen LogP contribution is 2.24. The molecule has 3 aromatic rings. The molecule has 0 bridgehead atoms. The molecule has 0 aliphatic rings. The Morgan fingerprint density at radius 1 is 1.07 bits per heavy atom. The van der Waals surface area contributed by atoms with E-state index in [4.69, 9.17) is 9.47 Å². The smallest absolute Gasteiger partial charge is 0.224 e. The fourth-order valence-electron chi connectivity index (χ4n) is 2.75. The Bertz CT molecular complexity index is 889. The van der Waals surface area contributed by atoms with Crippen LogP contribution in [-0.4, -0.2) is 31.2 Å². The van der Waals surface area contributed by atoms with Gasteiger partial charge in [-0.1, -0.05) is 12.1 Å². The number of amides is 1. The van der Waals surface area contributed by atoms with E-state index in [1.165, 1.54) is 0 Å². The van der Waals surface area contributed by atoms with Crippen molar-refractivity contribution in [3.8, 4) is 22.8 Å². The molecule has 6 heteroatoms. The molecule has 3 rings (SSSR count). The number of benzene rings is 2. The van der Waals surface area contributed by atoms with E-state index in [-0.39, 0.29) is 5.91 Å². The molecule has 0 aliphatic heterocycles. The third kappa shape index (κ3) is 5.57. The van der Waals surface area contributed by atoms with E-state index in [0.717, 1.165) is 39.7 Å². The number of carbonyl (C=O) groups excluding carboxylic acids is 1. The van der Waals surface area contributed by atoms with Crippen LogP contribution >= 0.6 is 11.3 Å². The van der Waals surface area contributed by atoms with Crippen molar-refractivity contribution in [1.29, 1.82) is 0 Å². The summed E-state index contributed by atoms with van der Waals surface area (Å²) in [6.45, 7) is 3.16. The van der Waals surface area contributed by atoms with Crippen LogP contribution in [0.15, 0.2) is 53.9 Å². The van der Waals surface area contributed by atoms with Crippen molar-refractivity contribution < 1.29 is 14.3 Å². The molecule has 0 unspecified atom stereocenters. The maximum atomic E-state index is 12.1. The Kier molecular flexibility index (Phi) is 7.03. The number of nitrogens with zero attached hydrogens (tertiary/aromatic N) is 1. The summed E-state index contributed by atoms with van der Waals surface area (Å²) in [6, 6.07) is 15.5. The van der Waals surface area contributed by atoms with Crippen LogP contribution in [0.25, 0.3) is 11.3 Å². The molecule has 0 saturated heterocycles. The maximum absolute atomic E-state index is 12.1. The van der Waals surface area contributed by atoms with E-state index in [1.807, 2.05) is 60.8 Å². The highest BCUT2D eigenvalue weighted by Gasteiger charge is 2.07. The van der Waals surface area contributed by atoms with Crippen molar-refractivity contribution in [2.24, 2.45) is 0 Å². The van der Waals surface area contributed by atoms with Gasteiger partial charge in [-0.15, -0.1) is 11.3 Å². The quantitative estimate of drug-likeness (QED) is 0.591. The number of rotatable bonds is 9. The van der Waals surface area contributed by atoms with E-state index in [0.29, 0.717) is 19.6 Å². The monoisotopic (exact) mass is 396 g/mol. The lowest BCUT2D eigenvalue weighted by molar-refractivity contribution is -0.120. The molecule has 0 spiro atoms. The van der Waals surface area contributed by atoms with E-state index in [2.05, 4.69) is 10.3 Å². The maximum Gasteiger partial charge on any atom is 0.224 e. The molecule has 5 nitrogen and oxygen atoms in total. The zero-order chi connectivity index (χ0) is 19.8.